The summed E-state index contributed by atoms with van der Waals surface area (Å²) < 4.78 is 25.4. The van der Waals surface area contributed by atoms with Crippen molar-refractivity contribution in [1.82, 2.24) is 0 Å². The lowest BCUT2D eigenvalue weighted by Crippen LogP contribution is -2.06. The van der Waals surface area contributed by atoms with Crippen LogP contribution in [0.3, 0.4) is 0 Å². The molecule has 0 aromatic heterocycles. The second kappa shape index (κ2) is 10.4. The minimum Gasteiger partial charge on any atom is -0.487 e. The maximum Gasteiger partial charge on any atom is 0.187 e. The first-order valence-electron chi connectivity index (χ1n) is 6.40. The van der Waals surface area contributed by atoms with Crippen molar-refractivity contribution >= 4 is 60.8 Å². The van der Waals surface area contributed by atoms with Crippen LogP contribution in [0.25, 0.3) is 0 Å². The maximum absolute atomic E-state index is 14.2. The molecule has 0 saturated carbocycles. The standard InChI is InChI=1S/C14H14Br2Cl2FNO3/c1-8(2)20-23-6-5-22-14-9(17)7-10(13(19)12(14)18)21-4-3-11(15)16/h3,7H,4-6H2,1-2H3. The number of rotatable bonds is 8. The van der Waals surface area contributed by atoms with Gasteiger partial charge in [0.25, 0.3) is 0 Å². The highest BCUT2D eigenvalue weighted by molar-refractivity contribution is 9.28. The van der Waals surface area contributed by atoms with Crippen LogP contribution in [0.4, 0.5) is 4.39 Å². The predicted molar refractivity (Wildman–Crippen MR) is 98.1 cm³/mol. The van der Waals surface area contributed by atoms with Crippen LogP contribution in [0.2, 0.25) is 10.0 Å². The Balaban J connectivity index is 2.73. The van der Waals surface area contributed by atoms with E-state index in [2.05, 4.69) is 37.0 Å². The van der Waals surface area contributed by atoms with E-state index in [-0.39, 0.29) is 41.4 Å². The summed E-state index contributed by atoms with van der Waals surface area (Å²) in [5, 5.41) is 3.64. The Labute approximate surface area is 160 Å². The zero-order valence-corrected chi connectivity index (χ0v) is 17.0. The molecule has 0 spiro atoms. The molecule has 1 rings (SSSR count). The van der Waals surface area contributed by atoms with Gasteiger partial charge in [-0.15, -0.1) is 0 Å². The molecule has 9 heteroatoms. The third kappa shape index (κ3) is 7.28. The largest absolute Gasteiger partial charge is 0.487 e. The SMILES string of the molecule is CC(C)=NOCCOc1c(Cl)cc(OCC=C(Br)Br)c(F)c1Cl. The molecule has 4 nitrogen and oxygen atoms in total. The number of halogens is 5. The van der Waals surface area contributed by atoms with Gasteiger partial charge in [-0.3, -0.25) is 0 Å². The molecule has 0 aliphatic rings. The van der Waals surface area contributed by atoms with Gasteiger partial charge >= 0.3 is 0 Å². The molecule has 0 aliphatic heterocycles. The van der Waals surface area contributed by atoms with Crippen LogP contribution >= 0.6 is 55.1 Å². The molecule has 1 aromatic carbocycles. The zero-order valence-electron chi connectivity index (χ0n) is 12.3. The fraction of sp³-hybridized carbons (Fsp3) is 0.357. The van der Waals surface area contributed by atoms with E-state index >= 15 is 0 Å². The first kappa shape index (κ1) is 20.5. The van der Waals surface area contributed by atoms with Crippen molar-refractivity contribution < 1.29 is 18.7 Å². The van der Waals surface area contributed by atoms with Gasteiger partial charge in [-0.05, 0) is 51.8 Å². The fourth-order valence-electron chi connectivity index (χ4n) is 1.34. The summed E-state index contributed by atoms with van der Waals surface area (Å²) in [4.78, 5) is 4.97. The van der Waals surface area contributed by atoms with Crippen molar-refractivity contribution in [2.24, 2.45) is 5.16 Å². The number of oxime groups is 1. The number of benzene rings is 1. The number of nitrogens with zero attached hydrogens (tertiary/aromatic N) is 1. The van der Waals surface area contributed by atoms with E-state index in [0.29, 0.717) is 3.39 Å². The van der Waals surface area contributed by atoms with Crippen LogP contribution < -0.4 is 9.47 Å². The normalized spacial score (nSPS) is 10.0. The molecule has 0 N–H and O–H groups in total. The van der Waals surface area contributed by atoms with E-state index in [1.54, 1.807) is 19.9 Å². The summed E-state index contributed by atoms with van der Waals surface area (Å²) in [6.45, 7) is 4.03. The molecular weight excluding hydrogens is 480 g/mol. The third-order valence-corrected chi connectivity index (χ3v) is 3.49. The molecule has 0 atom stereocenters. The van der Waals surface area contributed by atoms with E-state index < -0.39 is 5.82 Å². The van der Waals surface area contributed by atoms with E-state index in [0.717, 1.165) is 5.71 Å². The van der Waals surface area contributed by atoms with Crippen LogP contribution in [0.5, 0.6) is 11.5 Å². The summed E-state index contributed by atoms with van der Waals surface area (Å²) in [6, 6.07) is 1.31. The zero-order chi connectivity index (χ0) is 17.4. The lowest BCUT2D eigenvalue weighted by Gasteiger charge is -2.13. The molecule has 0 fully saturated rings. The second-order valence-electron chi connectivity index (χ2n) is 4.34. The van der Waals surface area contributed by atoms with Crippen molar-refractivity contribution in [3.8, 4) is 11.5 Å². The molecule has 0 amide bonds. The lowest BCUT2D eigenvalue weighted by atomic mass is 10.3. The van der Waals surface area contributed by atoms with Crippen LogP contribution in [-0.4, -0.2) is 25.5 Å². The lowest BCUT2D eigenvalue weighted by molar-refractivity contribution is 0.107. The third-order valence-electron chi connectivity index (χ3n) is 2.23. The topological polar surface area (TPSA) is 40.0 Å². The van der Waals surface area contributed by atoms with Gasteiger partial charge in [0.05, 0.1) is 14.1 Å². The second-order valence-corrected chi connectivity index (χ2v) is 7.90. The fourth-order valence-corrected chi connectivity index (χ4v) is 2.15. The molecule has 0 radical (unpaired) electrons. The minimum absolute atomic E-state index is 0.0381. The van der Waals surface area contributed by atoms with E-state index in [4.69, 9.17) is 37.5 Å². The average Bonchev–Trinajstić information content (AvgIpc) is 2.46. The summed E-state index contributed by atoms with van der Waals surface area (Å²) >= 11 is 18.3. The van der Waals surface area contributed by atoms with Gasteiger partial charge in [0.2, 0.25) is 0 Å². The van der Waals surface area contributed by atoms with Crippen molar-refractivity contribution in [2.45, 2.75) is 13.8 Å². The van der Waals surface area contributed by atoms with Crippen LogP contribution in [-0.2, 0) is 4.84 Å². The molecule has 0 saturated heterocycles. The highest BCUT2D eigenvalue weighted by Gasteiger charge is 2.18. The first-order chi connectivity index (χ1) is 10.8. The van der Waals surface area contributed by atoms with Gasteiger partial charge in [0.15, 0.2) is 23.9 Å². The number of hydrogen-bond donors (Lipinski definition) is 0. The minimum atomic E-state index is -0.742. The average molecular weight is 494 g/mol. The van der Waals surface area contributed by atoms with E-state index in [9.17, 15) is 4.39 Å². The summed E-state index contributed by atoms with van der Waals surface area (Å²) in [6.07, 6.45) is 1.65. The van der Waals surface area contributed by atoms with Gasteiger partial charge in [-0.1, -0.05) is 28.4 Å². The van der Waals surface area contributed by atoms with Gasteiger partial charge in [-0.25, -0.2) is 4.39 Å². The van der Waals surface area contributed by atoms with Crippen molar-refractivity contribution in [2.75, 3.05) is 19.8 Å². The molecule has 23 heavy (non-hydrogen) atoms. The van der Waals surface area contributed by atoms with Crippen LogP contribution in [0, 0.1) is 5.82 Å². The quantitative estimate of drug-likeness (QED) is 0.195. The number of hydrogen-bond acceptors (Lipinski definition) is 4. The molecule has 0 aliphatic carbocycles. The first-order valence-corrected chi connectivity index (χ1v) is 8.74. The Morgan fingerprint density at radius 1 is 1.26 bits per heavy atom. The summed E-state index contributed by atoms with van der Waals surface area (Å²) in [5.74, 6) is -0.767. The van der Waals surface area contributed by atoms with Crippen molar-refractivity contribution in [1.29, 1.82) is 0 Å². The molecule has 128 valence electrons. The monoisotopic (exact) mass is 491 g/mol. The Hall–Kier alpha value is -0.500. The molecule has 0 heterocycles. The van der Waals surface area contributed by atoms with Gasteiger partial charge in [-0.2, -0.15) is 0 Å². The van der Waals surface area contributed by atoms with Crippen molar-refractivity contribution in [3.63, 3.8) is 0 Å². The van der Waals surface area contributed by atoms with Crippen LogP contribution in [0.1, 0.15) is 13.8 Å². The highest BCUT2D eigenvalue weighted by Crippen LogP contribution is 2.40. The molecule has 0 unspecified atom stereocenters. The summed E-state index contributed by atoms with van der Waals surface area (Å²) in [7, 11) is 0. The Morgan fingerprint density at radius 3 is 2.57 bits per heavy atom. The van der Waals surface area contributed by atoms with Gasteiger partial charge in [0.1, 0.15) is 18.2 Å². The Bertz CT molecular complexity index is 604. The predicted octanol–water partition coefficient (Wildman–Crippen LogP) is 5.93. The summed E-state index contributed by atoms with van der Waals surface area (Å²) in [5.41, 5.74) is 0.776. The molecule has 1 aromatic rings. The highest BCUT2D eigenvalue weighted by atomic mass is 79.9. The van der Waals surface area contributed by atoms with E-state index in [1.165, 1.54) is 6.07 Å². The molecule has 0 bridgehead atoms. The van der Waals surface area contributed by atoms with Gasteiger partial charge in [0, 0.05) is 6.07 Å². The Kier molecular flexibility index (Phi) is 9.27. The maximum atomic E-state index is 14.2. The van der Waals surface area contributed by atoms with E-state index in [1.807, 2.05) is 0 Å². The van der Waals surface area contributed by atoms with Crippen LogP contribution in [0.15, 0.2) is 20.7 Å². The number of ether oxygens (including phenoxy) is 2. The molecular formula is C14H14Br2Cl2FNO3. The Morgan fingerprint density at radius 2 is 1.96 bits per heavy atom. The smallest absolute Gasteiger partial charge is 0.187 e. The van der Waals surface area contributed by atoms with Gasteiger partial charge < -0.3 is 14.3 Å². The van der Waals surface area contributed by atoms with Crippen molar-refractivity contribution in [3.05, 3.63) is 31.4 Å².